The van der Waals surface area contributed by atoms with Crippen molar-refractivity contribution in [3.63, 3.8) is 0 Å². The molecule has 0 aromatic carbocycles. The molecule has 0 unspecified atom stereocenters. The van der Waals surface area contributed by atoms with E-state index in [0.29, 0.717) is 6.54 Å². The molecule has 2 heterocycles. The number of nitrogens with zero attached hydrogens (tertiary/aromatic N) is 4. The predicted molar refractivity (Wildman–Crippen MR) is 85.3 cm³/mol. The van der Waals surface area contributed by atoms with Crippen LogP contribution in [0.4, 0.5) is 0 Å². The van der Waals surface area contributed by atoms with Gasteiger partial charge in [-0.2, -0.15) is 5.10 Å². The molecule has 0 bridgehead atoms. The summed E-state index contributed by atoms with van der Waals surface area (Å²) in [5.41, 5.74) is 2.34. The first-order chi connectivity index (χ1) is 10.8. The van der Waals surface area contributed by atoms with Crippen molar-refractivity contribution in [3.05, 3.63) is 27.7 Å². The van der Waals surface area contributed by atoms with Crippen molar-refractivity contribution in [1.82, 2.24) is 19.6 Å². The summed E-state index contributed by atoms with van der Waals surface area (Å²) in [5, 5.41) is 4.54. The summed E-state index contributed by atoms with van der Waals surface area (Å²) in [6, 6.07) is 1.79. The zero-order valence-electron chi connectivity index (χ0n) is 13.5. The van der Waals surface area contributed by atoms with Gasteiger partial charge in [0.25, 0.3) is 5.56 Å². The smallest absolute Gasteiger partial charge is 0.267 e. The highest BCUT2D eigenvalue weighted by Gasteiger charge is 2.18. The third-order valence-corrected chi connectivity index (χ3v) is 4.73. The van der Waals surface area contributed by atoms with Crippen molar-refractivity contribution in [1.29, 1.82) is 0 Å². The molecule has 0 spiro atoms. The quantitative estimate of drug-likeness (QED) is 0.740. The van der Waals surface area contributed by atoms with Crippen molar-refractivity contribution in [2.75, 3.05) is 53.0 Å². The van der Waals surface area contributed by atoms with Crippen LogP contribution in [0.15, 0.2) is 10.9 Å². The Hall–Kier alpha value is -1.24. The Morgan fingerprint density at radius 2 is 1.82 bits per heavy atom. The molecule has 3 rings (SSSR count). The predicted octanol–water partition coefficient (Wildman–Crippen LogP) is -0.00400. The van der Waals surface area contributed by atoms with Crippen LogP contribution in [0.3, 0.4) is 0 Å². The molecule has 6 heteroatoms. The van der Waals surface area contributed by atoms with E-state index >= 15 is 0 Å². The molecule has 1 aliphatic carbocycles. The number of piperazine rings is 1. The first kappa shape index (κ1) is 15.6. The second kappa shape index (κ2) is 7.35. The lowest BCUT2D eigenvalue weighted by atomic mass is 10.2. The van der Waals surface area contributed by atoms with Gasteiger partial charge in [-0.25, -0.2) is 4.68 Å². The summed E-state index contributed by atoms with van der Waals surface area (Å²) in [6.07, 6.45) is 3.17. The minimum atomic E-state index is 0.0550. The summed E-state index contributed by atoms with van der Waals surface area (Å²) in [6.45, 7) is 7.69. The standard InChI is InChI=1S/C16H26N4O2/c1-22-12-11-19-7-5-18(6-8-19)9-10-20-16(21)13-14-3-2-4-15(14)17-20/h13H,2-12H2,1H3. The monoisotopic (exact) mass is 306 g/mol. The number of hydrogen-bond acceptors (Lipinski definition) is 5. The highest BCUT2D eigenvalue weighted by atomic mass is 16.5. The SMILES string of the molecule is COCCN1CCN(CCn2nc3c(cc2=O)CCC3)CC1. The second-order valence-electron chi connectivity index (χ2n) is 6.21. The normalized spacial score (nSPS) is 19.5. The summed E-state index contributed by atoms with van der Waals surface area (Å²) in [7, 11) is 1.75. The fourth-order valence-corrected chi connectivity index (χ4v) is 3.29. The lowest BCUT2D eigenvalue weighted by Crippen LogP contribution is -2.48. The number of methoxy groups -OCH3 is 1. The first-order valence-electron chi connectivity index (χ1n) is 8.30. The van der Waals surface area contributed by atoms with Crippen LogP contribution in [0.5, 0.6) is 0 Å². The molecule has 1 aromatic heterocycles. The topological polar surface area (TPSA) is 50.6 Å². The maximum Gasteiger partial charge on any atom is 0.267 e. The zero-order chi connectivity index (χ0) is 15.4. The largest absolute Gasteiger partial charge is 0.383 e. The molecule has 122 valence electrons. The van der Waals surface area contributed by atoms with Crippen LogP contribution in [-0.4, -0.2) is 72.6 Å². The summed E-state index contributed by atoms with van der Waals surface area (Å²) in [5.74, 6) is 0. The minimum absolute atomic E-state index is 0.0550. The van der Waals surface area contributed by atoms with Gasteiger partial charge in [-0.15, -0.1) is 0 Å². The van der Waals surface area contributed by atoms with Crippen LogP contribution in [0.1, 0.15) is 17.7 Å². The minimum Gasteiger partial charge on any atom is -0.383 e. The molecule has 1 aliphatic heterocycles. The molecule has 1 fully saturated rings. The average molecular weight is 306 g/mol. The van der Waals surface area contributed by atoms with Gasteiger partial charge in [0.05, 0.1) is 18.8 Å². The number of aromatic nitrogens is 2. The summed E-state index contributed by atoms with van der Waals surface area (Å²) >= 11 is 0. The fraction of sp³-hybridized carbons (Fsp3) is 0.750. The van der Waals surface area contributed by atoms with E-state index in [1.165, 1.54) is 0 Å². The van der Waals surface area contributed by atoms with E-state index < -0.39 is 0 Å². The third-order valence-electron chi connectivity index (χ3n) is 4.73. The van der Waals surface area contributed by atoms with Crippen molar-refractivity contribution in [2.24, 2.45) is 0 Å². The number of rotatable bonds is 6. The Balaban J connectivity index is 1.49. The van der Waals surface area contributed by atoms with E-state index in [0.717, 1.165) is 76.4 Å². The third kappa shape index (κ3) is 3.74. The van der Waals surface area contributed by atoms with E-state index in [4.69, 9.17) is 4.74 Å². The molecule has 2 aliphatic rings. The highest BCUT2D eigenvalue weighted by molar-refractivity contribution is 5.22. The average Bonchev–Trinajstić information content (AvgIpc) is 2.98. The first-order valence-corrected chi connectivity index (χ1v) is 8.30. The van der Waals surface area contributed by atoms with Gasteiger partial charge >= 0.3 is 0 Å². The molecule has 6 nitrogen and oxygen atoms in total. The van der Waals surface area contributed by atoms with Gasteiger partial charge in [-0.3, -0.25) is 14.6 Å². The molecule has 22 heavy (non-hydrogen) atoms. The maximum atomic E-state index is 12.1. The van der Waals surface area contributed by atoms with Gasteiger partial charge in [-0.05, 0) is 24.8 Å². The lowest BCUT2D eigenvalue weighted by Gasteiger charge is -2.34. The van der Waals surface area contributed by atoms with E-state index in [2.05, 4.69) is 14.9 Å². The van der Waals surface area contributed by atoms with Crippen LogP contribution >= 0.6 is 0 Å². The van der Waals surface area contributed by atoms with Crippen molar-refractivity contribution < 1.29 is 4.74 Å². The maximum absolute atomic E-state index is 12.1. The molecular formula is C16H26N4O2. The van der Waals surface area contributed by atoms with E-state index in [9.17, 15) is 4.79 Å². The van der Waals surface area contributed by atoms with Gasteiger partial charge in [0.1, 0.15) is 0 Å². The van der Waals surface area contributed by atoms with Gasteiger partial charge in [0.15, 0.2) is 0 Å². The zero-order valence-corrected chi connectivity index (χ0v) is 13.5. The molecular weight excluding hydrogens is 280 g/mol. The molecule has 0 amide bonds. The number of hydrogen-bond donors (Lipinski definition) is 0. The van der Waals surface area contributed by atoms with Crippen molar-refractivity contribution in [3.8, 4) is 0 Å². The molecule has 0 N–H and O–H groups in total. The Kier molecular flexibility index (Phi) is 5.23. The second-order valence-corrected chi connectivity index (χ2v) is 6.21. The Bertz CT molecular complexity index is 550. The Morgan fingerprint density at radius 1 is 1.09 bits per heavy atom. The van der Waals surface area contributed by atoms with Crippen LogP contribution in [0.25, 0.3) is 0 Å². The van der Waals surface area contributed by atoms with Gasteiger partial charge in [0, 0.05) is 52.4 Å². The van der Waals surface area contributed by atoms with E-state index in [1.54, 1.807) is 17.9 Å². The number of fused-ring (bicyclic) bond motifs is 1. The fourth-order valence-electron chi connectivity index (χ4n) is 3.29. The van der Waals surface area contributed by atoms with E-state index in [1.807, 2.05) is 0 Å². The Labute approximate surface area is 131 Å². The van der Waals surface area contributed by atoms with Crippen LogP contribution in [0.2, 0.25) is 0 Å². The summed E-state index contributed by atoms with van der Waals surface area (Å²) < 4.78 is 6.78. The molecule has 1 saturated heterocycles. The van der Waals surface area contributed by atoms with Gasteiger partial charge in [0.2, 0.25) is 0 Å². The van der Waals surface area contributed by atoms with Crippen molar-refractivity contribution in [2.45, 2.75) is 25.8 Å². The van der Waals surface area contributed by atoms with Gasteiger partial charge in [-0.1, -0.05) is 0 Å². The van der Waals surface area contributed by atoms with Gasteiger partial charge < -0.3 is 4.74 Å². The lowest BCUT2D eigenvalue weighted by molar-refractivity contribution is 0.0946. The van der Waals surface area contributed by atoms with E-state index in [-0.39, 0.29) is 5.56 Å². The molecule has 1 aromatic rings. The molecule has 0 radical (unpaired) electrons. The highest BCUT2D eigenvalue weighted by Crippen LogP contribution is 2.16. The number of aryl methyl sites for hydroxylation is 2. The number of ether oxygens (including phenoxy) is 1. The molecule has 0 atom stereocenters. The summed E-state index contributed by atoms with van der Waals surface area (Å²) in [4.78, 5) is 16.9. The van der Waals surface area contributed by atoms with Crippen molar-refractivity contribution >= 4 is 0 Å². The van der Waals surface area contributed by atoms with Crippen LogP contribution < -0.4 is 5.56 Å². The molecule has 0 saturated carbocycles. The Morgan fingerprint density at radius 3 is 2.55 bits per heavy atom. The van der Waals surface area contributed by atoms with Crippen LogP contribution in [-0.2, 0) is 24.1 Å². The van der Waals surface area contributed by atoms with Crippen LogP contribution in [0, 0.1) is 0 Å².